The zero-order valence-electron chi connectivity index (χ0n) is 13.3. The lowest BCUT2D eigenvalue weighted by Gasteiger charge is -2.12. The first-order chi connectivity index (χ1) is 12.3. The fourth-order valence-electron chi connectivity index (χ4n) is 3.41. The molecule has 2 N–H and O–H groups in total. The second-order valence-electron chi connectivity index (χ2n) is 6.08. The number of aromatic amines is 1. The van der Waals surface area contributed by atoms with Crippen LogP contribution >= 0.6 is 0 Å². The molecule has 0 fully saturated rings. The van der Waals surface area contributed by atoms with Crippen LogP contribution in [-0.4, -0.2) is 25.5 Å². The first kappa shape index (κ1) is 14.0. The number of hydrogen-bond acceptors (Lipinski definition) is 4. The summed E-state index contributed by atoms with van der Waals surface area (Å²) in [6, 6.07) is 11.6. The molecular formula is C18H15N5O2. The molecule has 1 atom stereocenters. The van der Waals surface area contributed by atoms with Gasteiger partial charge in [-0.25, -0.2) is 4.98 Å². The van der Waals surface area contributed by atoms with Gasteiger partial charge in [0.2, 0.25) is 5.91 Å². The van der Waals surface area contributed by atoms with Crippen LogP contribution in [0.4, 0.5) is 0 Å². The summed E-state index contributed by atoms with van der Waals surface area (Å²) in [7, 11) is 0. The number of carbonyl (C=O) groups is 1. The van der Waals surface area contributed by atoms with Gasteiger partial charge in [0.25, 0.3) is 0 Å². The first-order valence-electron chi connectivity index (χ1n) is 8.11. The number of amides is 1. The van der Waals surface area contributed by atoms with Crippen molar-refractivity contribution in [2.45, 2.75) is 18.9 Å². The molecule has 5 heterocycles. The molecule has 7 heteroatoms. The highest BCUT2D eigenvalue weighted by atomic mass is 16.3. The quantitative estimate of drug-likeness (QED) is 0.590. The van der Waals surface area contributed by atoms with Crippen LogP contribution in [0.25, 0.3) is 17.1 Å². The molecule has 0 bridgehead atoms. The third kappa shape index (κ3) is 2.24. The summed E-state index contributed by atoms with van der Waals surface area (Å²) in [5, 5.41) is 9.77. The fraction of sp³-hybridized carbons (Fsp3) is 0.167. The minimum atomic E-state index is -0.188. The van der Waals surface area contributed by atoms with E-state index in [4.69, 9.17) is 4.42 Å². The van der Waals surface area contributed by atoms with E-state index in [1.165, 1.54) is 0 Å². The average molecular weight is 333 g/mol. The molecule has 0 saturated carbocycles. The molecule has 1 amide bonds. The van der Waals surface area contributed by atoms with Gasteiger partial charge < -0.3 is 14.1 Å². The number of imidazole rings is 1. The van der Waals surface area contributed by atoms with E-state index < -0.39 is 0 Å². The van der Waals surface area contributed by atoms with Gasteiger partial charge in [-0.2, -0.15) is 5.10 Å². The van der Waals surface area contributed by atoms with Gasteiger partial charge >= 0.3 is 0 Å². The molecule has 124 valence electrons. The van der Waals surface area contributed by atoms with Gasteiger partial charge in [0.05, 0.1) is 23.9 Å². The minimum absolute atomic E-state index is 0.00725. The van der Waals surface area contributed by atoms with Crippen LogP contribution in [0.2, 0.25) is 0 Å². The molecule has 0 aliphatic carbocycles. The molecule has 5 rings (SSSR count). The highest BCUT2D eigenvalue weighted by Crippen LogP contribution is 2.35. The van der Waals surface area contributed by atoms with Gasteiger partial charge in [0.15, 0.2) is 5.76 Å². The largest absolute Gasteiger partial charge is 0.459 e. The number of rotatable bonds is 2. The van der Waals surface area contributed by atoms with Crippen molar-refractivity contribution < 1.29 is 9.21 Å². The molecule has 1 aliphatic heterocycles. The lowest BCUT2D eigenvalue weighted by Crippen LogP contribution is -2.21. The van der Waals surface area contributed by atoms with Crippen molar-refractivity contribution >= 4 is 11.6 Å². The molecule has 0 spiro atoms. The molecule has 7 nitrogen and oxygen atoms in total. The number of fused-ring (bicyclic) bond motifs is 3. The molecule has 1 aliphatic rings. The van der Waals surface area contributed by atoms with Crippen molar-refractivity contribution in [3.63, 3.8) is 0 Å². The van der Waals surface area contributed by atoms with Crippen LogP contribution in [0.5, 0.6) is 0 Å². The third-order valence-electron chi connectivity index (χ3n) is 4.55. The number of pyridine rings is 1. The van der Waals surface area contributed by atoms with E-state index in [2.05, 4.69) is 20.5 Å². The van der Waals surface area contributed by atoms with Crippen molar-refractivity contribution in [3.05, 3.63) is 65.9 Å². The van der Waals surface area contributed by atoms with E-state index in [0.717, 1.165) is 28.5 Å². The van der Waals surface area contributed by atoms with Crippen molar-refractivity contribution in [3.8, 4) is 11.5 Å². The number of furan rings is 1. The normalized spacial score (nSPS) is 17.3. The Balaban J connectivity index is 1.66. The van der Waals surface area contributed by atoms with Crippen LogP contribution in [-0.2, 0) is 11.3 Å². The monoisotopic (exact) mass is 333 g/mol. The van der Waals surface area contributed by atoms with Crippen molar-refractivity contribution in [2.75, 3.05) is 0 Å². The van der Waals surface area contributed by atoms with Gasteiger partial charge in [0, 0.05) is 18.8 Å². The maximum atomic E-state index is 12.2. The van der Waals surface area contributed by atoms with E-state index in [1.807, 2.05) is 47.0 Å². The Bertz CT molecular complexity index is 1060. The van der Waals surface area contributed by atoms with E-state index in [1.54, 1.807) is 6.20 Å². The smallest absolute Gasteiger partial charge is 0.221 e. The highest BCUT2D eigenvalue weighted by molar-refractivity contribution is 5.78. The number of hydrogen-bond donors (Lipinski definition) is 2. The Morgan fingerprint density at radius 3 is 3.04 bits per heavy atom. The first-order valence-corrected chi connectivity index (χ1v) is 8.11. The molecular weight excluding hydrogens is 318 g/mol. The van der Waals surface area contributed by atoms with E-state index in [0.29, 0.717) is 18.7 Å². The molecule has 0 aromatic carbocycles. The maximum Gasteiger partial charge on any atom is 0.221 e. The SMILES string of the molecule is O=C1CC(c2ccc(-c3ccn[nH]3)o2)c2c(nc3ccccn23)CN1. The van der Waals surface area contributed by atoms with Gasteiger partial charge in [-0.15, -0.1) is 0 Å². The lowest BCUT2D eigenvalue weighted by molar-refractivity contribution is -0.121. The summed E-state index contributed by atoms with van der Waals surface area (Å²) >= 11 is 0. The maximum absolute atomic E-state index is 12.2. The van der Waals surface area contributed by atoms with Gasteiger partial charge in [-0.05, 0) is 30.3 Å². The number of aromatic nitrogens is 4. The molecule has 4 aromatic rings. The predicted molar refractivity (Wildman–Crippen MR) is 89.8 cm³/mol. The van der Waals surface area contributed by atoms with E-state index >= 15 is 0 Å². The molecule has 4 aromatic heterocycles. The zero-order chi connectivity index (χ0) is 16.8. The molecule has 25 heavy (non-hydrogen) atoms. The minimum Gasteiger partial charge on any atom is -0.459 e. The summed E-state index contributed by atoms with van der Waals surface area (Å²) in [6.45, 7) is 0.431. The number of carbonyl (C=O) groups excluding carboxylic acids is 1. The fourth-order valence-corrected chi connectivity index (χ4v) is 3.41. The zero-order valence-corrected chi connectivity index (χ0v) is 13.3. The van der Waals surface area contributed by atoms with Crippen LogP contribution in [0.15, 0.2) is 53.2 Å². The van der Waals surface area contributed by atoms with Crippen LogP contribution in [0.3, 0.4) is 0 Å². The lowest BCUT2D eigenvalue weighted by atomic mass is 9.97. The number of nitrogens with zero attached hydrogens (tertiary/aromatic N) is 3. The van der Waals surface area contributed by atoms with E-state index in [-0.39, 0.29) is 11.8 Å². The van der Waals surface area contributed by atoms with Crippen molar-refractivity contribution in [1.29, 1.82) is 0 Å². The predicted octanol–water partition coefficient (Wildman–Crippen LogP) is 2.47. The van der Waals surface area contributed by atoms with Gasteiger partial charge in [-0.3, -0.25) is 9.89 Å². The summed E-state index contributed by atoms with van der Waals surface area (Å²) < 4.78 is 8.09. The average Bonchev–Trinajstić information content (AvgIpc) is 3.34. The Labute approximate surface area is 142 Å². The Hall–Kier alpha value is -3.35. The Morgan fingerprint density at radius 2 is 2.16 bits per heavy atom. The van der Waals surface area contributed by atoms with E-state index in [9.17, 15) is 4.79 Å². The standard InChI is InChI=1S/C18H15N5O2/c24-17-9-11(14-4-5-15(25-14)12-6-7-20-22-12)18-13(10-19-17)21-16-3-1-2-8-23(16)18/h1-8,11H,9-10H2,(H,19,24)(H,20,22). The van der Waals surface area contributed by atoms with Gasteiger partial charge in [-0.1, -0.05) is 6.07 Å². The topological polar surface area (TPSA) is 88.2 Å². The highest BCUT2D eigenvalue weighted by Gasteiger charge is 2.31. The second kappa shape index (κ2) is 5.34. The molecule has 0 radical (unpaired) electrons. The summed E-state index contributed by atoms with van der Waals surface area (Å²) in [6.07, 6.45) is 3.98. The number of H-pyrrole nitrogens is 1. The number of nitrogens with one attached hydrogen (secondary N) is 2. The summed E-state index contributed by atoms with van der Waals surface area (Å²) in [5.41, 5.74) is 3.55. The van der Waals surface area contributed by atoms with Crippen LogP contribution in [0, 0.1) is 0 Å². The van der Waals surface area contributed by atoms with Crippen molar-refractivity contribution in [2.24, 2.45) is 0 Å². The van der Waals surface area contributed by atoms with Crippen LogP contribution in [0.1, 0.15) is 29.5 Å². The molecule has 1 unspecified atom stereocenters. The van der Waals surface area contributed by atoms with Gasteiger partial charge in [0.1, 0.15) is 17.1 Å². The summed E-state index contributed by atoms with van der Waals surface area (Å²) in [5.74, 6) is 1.25. The molecule has 0 saturated heterocycles. The second-order valence-corrected chi connectivity index (χ2v) is 6.08. The third-order valence-corrected chi connectivity index (χ3v) is 4.55. The van der Waals surface area contributed by atoms with Crippen molar-refractivity contribution in [1.82, 2.24) is 24.9 Å². The Kier molecular flexibility index (Phi) is 3.00. The summed E-state index contributed by atoms with van der Waals surface area (Å²) in [4.78, 5) is 16.9. The Morgan fingerprint density at radius 1 is 1.20 bits per heavy atom. The van der Waals surface area contributed by atoms with Crippen LogP contribution < -0.4 is 5.32 Å².